The number of hydrogen-bond donors (Lipinski definition) is 0. The van der Waals surface area contributed by atoms with Crippen LogP contribution in [0.5, 0.6) is 0 Å². The summed E-state index contributed by atoms with van der Waals surface area (Å²) >= 11 is 0. The number of anilines is 3. The van der Waals surface area contributed by atoms with E-state index in [0.717, 1.165) is 5.69 Å². The molecule has 2 aliphatic rings. The van der Waals surface area contributed by atoms with Crippen molar-refractivity contribution in [2.75, 3.05) is 4.90 Å². The van der Waals surface area contributed by atoms with Crippen LogP contribution in [0.15, 0.2) is 140 Å². The zero-order chi connectivity index (χ0) is 29.3. The molecule has 1 nitrogen and oxygen atoms in total. The summed E-state index contributed by atoms with van der Waals surface area (Å²) in [6, 6.07) is 51.5. The summed E-state index contributed by atoms with van der Waals surface area (Å²) < 4.78 is 0. The maximum atomic E-state index is 2.43. The summed E-state index contributed by atoms with van der Waals surface area (Å²) in [5, 5.41) is 0. The van der Waals surface area contributed by atoms with Gasteiger partial charge in [0.1, 0.15) is 0 Å². The Morgan fingerprint density at radius 3 is 1.44 bits per heavy atom. The fourth-order valence-electron chi connectivity index (χ4n) is 7.53. The minimum absolute atomic E-state index is 0.0532. The first kappa shape index (κ1) is 25.8. The maximum Gasteiger partial charge on any atom is 0.0465 e. The molecule has 6 aromatic rings. The molecule has 208 valence electrons. The Labute approximate surface area is 255 Å². The summed E-state index contributed by atoms with van der Waals surface area (Å²) in [5.41, 5.74) is 16.8. The number of hydrogen-bond acceptors (Lipinski definition) is 1. The lowest BCUT2D eigenvalue weighted by atomic mass is 9.81. The molecule has 43 heavy (non-hydrogen) atoms. The number of fused-ring (bicyclic) bond motifs is 6. The van der Waals surface area contributed by atoms with Crippen LogP contribution < -0.4 is 4.90 Å². The predicted molar refractivity (Wildman–Crippen MR) is 182 cm³/mol. The fraction of sp³-hybridized carbons (Fsp3) is 0.143. The lowest BCUT2D eigenvalue weighted by Crippen LogP contribution is -2.18. The Hall–Kier alpha value is -4.88. The highest BCUT2D eigenvalue weighted by Gasteiger charge is 2.38. The Bertz CT molecular complexity index is 2010. The van der Waals surface area contributed by atoms with E-state index in [0.29, 0.717) is 0 Å². The van der Waals surface area contributed by atoms with E-state index >= 15 is 0 Å². The highest BCUT2D eigenvalue weighted by atomic mass is 15.1. The molecular weight excluding hydrogens is 518 g/mol. The second-order valence-electron chi connectivity index (χ2n) is 13.1. The molecule has 2 aliphatic carbocycles. The zero-order valence-electron chi connectivity index (χ0n) is 25.2. The smallest absolute Gasteiger partial charge is 0.0465 e. The van der Waals surface area contributed by atoms with Gasteiger partial charge in [0.15, 0.2) is 0 Å². The van der Waals surface area contributed by atoms with Gasteiger partial charge in [0.05, 0.1) is 0 Å². The van der Waals surface area contributed by atoms with Crippen LogP contribution >= 0.6 is 0 Å². The van der Waals surface area contributed by atoms with Crippen LogP contribution in [0.25, 0.3) is 33.4 Å². The largest absolute Gasteiger partial charge is 0.310 e. The van der Waals surface area contributed by atoms with Crippen LogP contribution in [0.2, 0.25) is 0 Å². The molecule has 0 saturated carbocycles. The van der Waals surface area contributed by atoms with E-state index in [-0.39, 0.29) is 10.8 Å². The van der Waals surface area contributed by atoms with Crippen molar-refractivity contribution in [1.82, 2.24) is 0 Å². The molecule has 0 bridgehead atoms. The van der Waals surface area contributed by atoms with Gasteiger partial charge in [-0.2, -0.15) is 0 Å². The minimum Gasteiger partial charge on any atom is -0.310 e. The van der Waals surface area contributed by atoms with Gasteiger partial charge in [-0.05, 0) is 98.1 Å². The molecule has 0 aliphatic heterocycles. The molecule has 0 radical (unpaired) electrons. The highest BCUT2D eigenvalue weighted by molar-refractivity contribution is 5.89. The maximum absolute atomic E-state index is 2.43. The molecule has 1 heteroatoms. The predicted octanol–water partition coefficient (Wildman–Crippen LogP) is 11.4. The summed E-state index contributed by atoms with van der Waals surface area (Å²) in [5.74, 6) is 0. The molecule has 0 amide bonds. The lowest BCUT2D eigenvalue weighted by molar-refractivity contribution is 0.660. The fourth-order valence-corrected chi connectivity index (χ4v) is 7.53. The molecule has 0 saturated heterocycles. The average Bonchev–Trinajstić information content (AvgIpc) is 3.41. The number of rotatable bonds is 4. The van der Waals surface area contributed by atoms with Crippen LogP contribution in [0.3, 0.4) is 0 Å². The topological polar surface area (TPSA) is 3.24 Å². The van der Waals surface area contributed by atoms with E-state index in [4.69, 9.17) is 0 Å². The molecule has 0 fully saturated rings. The van der Waals surface area contributed by atoms with Gasteiger partial charge in [0, 0.05) is 27.9 Å². The van der Waals surface area contributed by atoms with Crippen molar-refractivity contribution >= 4 is 17.1 Å². The first-order valence-corrected chi connectivity index (χ1v) is 15.3. The highest BCUT2D eigenvalue weighted by Crippen LogP contribution is 2.53. The number of nitrogens with zero attached hydrogens (tertiary/aromatic N) is 1. The molecular formula is C42H35N. The van der Waals surface area contributed by atoms with Crippen molar-refractivity contribution < 1.29 is 0 Å². The Morgan fingerprint density at radius 1 is 0.349 bits per heavy atom. The van der Waals surface area contributed by atoms with Crippen molar-refractivity contribution in [1.29, 1.82) is 0 Å². The third-order valence-electron chi connectivity index (χ3n) is 9.86. The summed E-state index contributed by atoms with van der Waals surface area (Å²) in [4.78, 5) is 2.42. The second kappa shape index (κ2) is 9.31. The van der Waals surface area contributed by atoms with Gasteiger partial charge in [0.2, 0.25) is 0 Å². The van der Waals surface area contributed by atoms with E-state index in [1.165, 1.54) is 67.0 Å². The van der Waals surface area contributed by atoms with Crippen molar-refractivity contribution in [2.24, 2.45) is 0 Å². The van der Waals surface area contributed by atoms with Gasteiger partial charge < -0.3 is 4.90 Å². The van der Waals surface area contributed by atoms with Gasteiger partial charge in [-0.3, -0.25) is 0 Å². The second-order valence-corrected chi connectivity index (χ2v) is 13.1. The average molecular weight is 554 g/mol. The van der Waals surface area contributed by atoms with Crippen LogP contribution in [-0.4, -0.2) is 0 Å². The number of para-hydroxylation sites is 1. The third kappa shape index (κ3) is 3.85. The lowest BCUT2D eigenvalue weighted by Gasteiger charge is -2.29. The zero-order valence-corrected chi connectivity index (χ0v) is 25.2. The summed E-state index contributed by atoms with van der Waals surface area (Å²) in [7, 11) is 0. The van der Waals surface area contributed by atoms with E-state index in [2.05, 4.69) is 172 Å². The van der Waals surface area contributed by atoms with Crippen molar-refractivity contribution in [3.8, 4) is 33.4 Å². The summed E-state index contributed by atoms with van der Waals surface area (Å²) in [6.07, 6.45) is 0. The van der Waals surface area contributed by atoms with E-state index < -0.39 is 0 Å². The van der Waals surface area contributed by atoms with Crippen molar-refractivity contribution in [2.45, 2.75) is 38.5 Å². The normalized spacial score (nSPS) is 14.9. The Morgan fingerprint density at radius 2 is 0.814 bits per heavy atom. The van der Waals surface area contributed by atoms with Crippen LogP contribution in [-0.2, 0) is 10.8 Å². The Balaban J connectivity index is 1.26. The van der Waals surface area contributed by atoms with E-state index in [1.807, 2.05) is 0 Å². The van der Waals surface area contributed by atoms with Gasteiger partial charge in [-0.25, -0.2) is 0 Å². The first-order valence-electron chi connectivity index (χ1n) is 15.3. The van der Waals surface area contributed by atoms with E-state index in [9.17, 15) is 0 Å². The molecule has 0 atom stereocenters. The van der Waals surface area contributed by atoms with Gasteiger partial charge in [0.25, 0.3) is 0 Å². The molecule has 0 unspecified atom stereocenters. The van der Waals surface area contributed by atoms with Crippen molar-refractivity contribution in [3.05, 3.63) is 162 Å². The van der Waals surface area contributed by atoms with E-state index in [1.54, 1.807) is 0 Å². The molecule has 0 heterocycles. The van der Waals surface area contributed by atoms with Gasteiger partial charge in [-0.15, -0.1) is 0 Å². The minimum atomic E-state index is -0.116. The van der Waals surface area contributed by atoms with Crippen LogP contribution in [0.4, 0.5) is 17.1 Å². The SMILES string of the molecule is CC1(C)c2ccccc2-c2ccc(N(c3ccccc3)c3ccc4c(c3)C(C)(C)c3cc(-c5ccccc5)ccc3-4)cc21. The quantitative estimate of drug-likeness (QED) is 0.210. The van der Waals surface area contributed by atoms with Gasteiger partial charge in [-0.1, -0.05) is 125 Å². The molecule has 8 rings (SSSR count). The third-order valence-corrected chi connectivity index (χ3v) is 9.86. The van der Waals surface area contributed by atoms with Crippen LogP contribution in [0, 0.1) is 0 Å². The van der Waals surface area contributed by atoms with Crippen LogP contribution in [0.1, 0.15) is 49.9 Å². The first-order chi connectivity index (χ1) is 20.8. The molecule has 6 aromatic carbocycles. The van der Waals surface area contributed by atoms with Gasteiger partial charge >= 0.3 is 0 Å². The summed E-state index contributed by atoms with van der Waals surface area (Å²) in [6.45, 7) is 9.46. The molecule has 0 aromatic heterocycles. The Kier molecular flexibility index (Phi) is 5.59. The monoisotopic (exact) mass is 553 g/mol. The molecule has 0 spiro atoms. The standard InChI is InChI=1S/C42H35N/c1-41(2)37-18-12-11-17-33(37)35-23-20-31(26-39(35)41)43(30-15-9-6-10-16-30)32-21-24-36-34-22-19-29(28-13-7-5-8-14-28)25-38(34)42(3,4)40(36)27-32/h5-27H,1-4H3. The van der Waals surface area contributed by atoms with Crippen molar-refractivity contribution in [3.63, 3.8) is 0 Å². The number of benzene rings is 6. The molecule has 0 N–H and O–H groups in total.